The Morgan fingerprint density at radius 3 is 2.33 bits per heavy atom. The number of carbonyl (C=O) groups excluding carboxylic acids is 2. The Bertz CT molecular complexity index is 1470. The van der Waals surface area contributed by atoms with E-state index >= 15 is 0 Å². The molecule has 0 spiro atoms. The van der Waals surface area contributed by atoms with Gasteiger partial charge in [0.2, 0.25) is 6.43 Å². The molecular formula is C31H34F4N4O4. The molecular weight excluding hydrogens is 568 g/mol. The zero-order valence-electron chi connectivity index (χ0n) is 24.3. The van der Waals surface area contributed by atoms with Crippen LogP contribution in [0, 0.1) is 18.6 Å². The maximum absolute atomic E-state index is 14.2. The molecule has 1 aromatic heterocycles. The number of amides is 2. The van der Waals surface area contributed by atoms with Crippen LogP contribution in [0.4, 0.5) is 22.4 Å². The molecule has 1 unspecified atom stereocenters. The van der Waals surface area contributed by atoms with Gasteiger partial charge in [0.1, 0.15) is 30.5 Å². The van der Waals surface area contributed by atoms with Crippen molar-refractivity contribution in [3.8, 4) is 0 Å². The van der Waals surface area contributed by atoms with Gasteiger partial charge < -0.3 is 24.7 Å². The third kappa shape index (κ3) is 9.19. The van der Waals surface area contributed by atoms with E-state index in [9.17, 15) is 27.2 Å². The van der Waals surface area contributed by atoms with Gasteiger partial charge in [-0.15, -0.1) is 0 Å². The highest BCUT2D eigenvalue weighted by Gasteiger charge is 2.32. The van der Waals surface area contributed by atoms with E-state index in [1.165, 1.54) is 30.7 Å². The van der Waals surface area contributed by atoms with Gasteiger partial charge in [-0.1, -0.05) is 48.6 Å². The number of aromatic nitrogens is 2. The van der Waals surface area contributed by atoms with Crippen LogP contribution in [-0.2, 0) is 29.7 Å². The molecule has 1 atom stereocenters. The second-order valence-electron chi connectivity index (χ2n) is 10.3. The first-order valence-corrected chi connectivity index (χ1v) is 13.3. The van der Waals surface area contributed by atoms with E-state index in [1.807, 2.05) is 0 Å². The molecule has 2 N–H and O–H groups in total. The maximum Gasteiger partial charge on any atom is 0.407 e. The average Bonchev–Trinajstić information content (AvgIpc) is 3.23. The van der Waals surface area contributed by atoms with Gasteiger partial charge in [-0.3, -0.25) is 4.79 Å². The summed E-state index contributed by atoms with van der Waals surface area (Å²) in [5.41, 5.74) is -0.225. The molecule has 0 aliphatic rings. The van der Waals surface area contributed by atoms with Crippen molar-refractivity contribution >= 4 is 17.8 Å². The fourth-order valence-corrected chi connectivity index (χ4v) is 4.26. The third-order valence-electron chi connectivity index (χ3n) is 6.38. The molecule has 230 valence electrons. The first-order chi connectivity index (χ1) is 20.3. The van der Waals surface area contributed by atoms with Crippen LogP contribution in [0.1, 0.15) is 53.4 Å². The molecule has 0 bridgehead atoms. The van der Waals surface area contributed by atoms with Gasteiger partial charge in [0.05, 0.1) is 16.8 Å². The van der Waals surface area contributed by atoms with Crippen LogP contribution < -0.4 is 10.6 Å². The zero-order valence-corrected chi connectivity index (χ0v) is 24.3. The molecule has 8 nitrogen and oxygen atoms in total. The second-order valence-corrected chi connectivity index (χ2v) is 10.3. The van der Waals surface area contributed by atoms with E-state index in [4.69, 9.17) is 9.47 Å². The van der Waals surface area contributed by atoms with Crippen molar-refractivity contribution in [3.05, 3.63) is 107 Å². The second kappa shape index (κ2) is 14.5. The molecule has 1 heterocycles. The fourth-order valence-electron chi connectivity index (χ4n) is 4.26. The molecule has 0 aliphatic carbocycles. The van der Waals surface area contributed by atoms with Crippen LogP contribution in [0.25, 0.3) is 5.76 Å². The number of allylic oxidation sites excluding steroid dienone is 2. The summed E-state index contributed by atoms with van der Waals surface area (Å²) in [6.07, 6.45) is -2.95. The predicted molar refractivity (Wildman–Crippen MR) is 153 cm³/mol. The van der Waals surface area contributed by atoms with E-state index in [-0.39, 0.29) is 41.7 Å². The van der Waals surface area contributed by atoms with Crippen molar-refractivity contribution in [1.29, 1.82) is 0 Å². The van der Waals surface area contributed by atoms with Crippen LogP contribution in [0.15, 0.2) is 66.8 Å². The number of alkyl halides is 2. The van der Waals surface area contributed by atoms with E-state index in [2.05, 4.69) is 22.2 Å². The number of hydrogen-bond donors (Lipinski definition) is 2. The van der Waals surface area contributed by atoms with Crippen LogP contribution >= 0.6 is 0 Å². The molecule has 0 saturated carbocycles. The quantitative estimate of drug-likeness (QED) is 0.138. The number of aryl methyl sites for hydroxylation is 1. The van der Waals surface area contributed by atoms with Gasteiger partial charge >= 0.3 is 6.09 Å². The Morgan fingerprint density at radius 2 is 1.72 bits per heavy atom. The van der Waals surface area contributed by atoms with Crippen molar-refractivity contribution in [2.24, 2.45) is 7.05 Å². The number of ether oxygens (including phenoxy) is 2. The summed E-state index contributed by atoms with van der Waals surface area (Å²) in [6.45, 7) is 7.55. The van der Waals surface area contributed by atoms with Gasteiger partial charge in [0.15, 0.2) is 11.6 Å². The Morgan fingerprint density at radius 1 is 1.07 bits per heavy atom. The lowest BCUT2D eigenvalue weighted by atomic mass is 9.98. The van der Waals surface area contributed by atoms with Crippen molar-refractivity contribution < 1.29 is 36.6 Å². The minimum absolute atomic E-state index is 0.0631. The molecule has 0 aliphatic heterocycles. The highest BCUT2D eigenvalue weighted by atomic mass is 19.3. The summed E-state index contributed by atoms with van der Waals surface area (Å²) in [5, 5.41) is 5.03. The first kappa shape index (κ1) is 32.9. The topological polar surface area (TPSA) is 94.5 Å². The number of imidazole rings is 1. The molecule has 2 aromatic carbocycles. The SMILES string of the molecule is C=C(C)/C=C(/OCc1c(F)cccc1F)c1nc(C)c(C(=O)NCC(C)(CC(F)F)NC(=O)OCc2ccccc2)n1C. The van der Waals surface area contributed by atoms with Gasteiger partial charge in [0.25, 0.3) is 5.91 Å². The number of nitrogens with one attached hydrogen (secondary N) is 2. The minimum Gasteiger partial charge on any atom is -0.485 e. The van der Waals surface area contributed by atoms with Gasteiger partial charge in [-0.25, -0.2) is 27.3 Å². The summed E-state index contributed by atoms with van der Waals surface area (Å²) >= 11 is 0. The van der Waals surface area contributed by atoms with Crippen molar-refractivity contribution in [2.45, 2.75) is 52.4 Å². The molecule has 0 saturated heterocycles. The molecule has 12 heteroatoms. The van der Waals surface area contributed by atoms with Crippen molar-refractivity contribution in [2.75, 3.05) is 6.54 Å². The Balaban J connectivity index is 1.75. The maximum atomic E-state index is 14.2. The summed E-state index contributed by atoms with van der Waals surface area (Å²) in [7, 11) is 1.53. The monoisotopic (exact) mass is 602 g/mol. The summed E-state index contributed by atoms with van der Waals surface area (Å²) in [5.74, 6) is -1.95. The Labute approximate surface area is 247 Å². The molecule has 3 aromatic rings. The smallest absolute Gasteiger partial charge is 0.407 e. The summed E-state index contributed by atoms with van der Waals surface area (Å²) in [4.78, 5) is 30.1. The first-order valence-electron chi connectivity index (χ1n) is 13.3. The standard InChI is InChI=1S/C31H34F4N4O4/c1-19(2)14-25(42-17-22-23(32)12-9-13-24(22)33)28-37-20(3)27(39(28)5)29(40)36-18-31(4,15-26(34)35)38-30(41)43-16-21-10-7-6-8-11-21/h6-14,26H,1,15-18H2,2-5H3,(H,36,40)(H,38,41)/b25-14+. The molecule has 0 fully saturated rings. The summed E-state index contributed by atoms with van der Waals surface area (Å²) in [6, 6.07) is 12.3. The lowest BCUT2D eigenvalue weighted by molar-refractivity contribution is 0.0780. The van der Waals surface area contributed by atoms with E-state index in [1.54, 1.807) is 44.2 Å². The normalized spacial score (nSPS) is 12.9. The number of rotatable bonds is 13. The van der Waals surface area contributed by atoms with Gasteiger partial charge in [-0.05, 0) is 44.5 Å². The molecule has 43 heavy (non-hydrogen) atoms. The number of alkyl carbamates (subject to hydrolysis) is 1. The van der Waals surface area contributed by atoms with Crippen LogP contribution in [-0.4, -0.2) is 40.1 Å². The Hall–Kier alpha value is -4.61. The third-order valence-corrected chi connectivity index (χ3v) is 6.38. The van der Waals surface area contributed by atoms with Gasteiger partial charge in [0, 0.05) is 20.0 Å². The number of carbonyl (C=O) groups is 2. The minimum atomic E-state index is -2.78. The number of nitrogens with zero attached hydrogens (tertiary/aromatic N) is 2. The highest BCUT2D eigenvalue weighted by molar-refractivity contribution is 5.94. The summed E-state index contributed by atoms with van der Waals surface area (Å²) < 4.78 is 67.6. The zero-order chi connectivity index (χ0) is 31.7. The largest absolute Gasteiger partial charge is 0.485 e. The lowest BCUT2D eigenvalue weighted by Crippen LogP contribution is -2.54. The lowest BCUT2D eigenvalue weighted by Gasteiger charge is -2.30. The Kier molecular flexibility index (Phi) is 11.1. The number of benzene rings is 2. The van der Waals surface area contributed by atoms with E-state index in [0.717, 1.165) is 12.1 Å². The number of halogens is 4. The van der Waals surface area contributed by atoms with Crippen molar-refractivity contribution in [1.82, 2.24) is 20.2 Å². The van der Waals surface area contributed by atoms with Crippen LogP contribution in [0.3, 0.4) is 0 Å². The molecule has 0 radical (unpaired) electrons. The van der Waals surface area contributed by atoms with Crippen LogP contribution in [0.5, 0.6) is 0 Å². The number of hydrogen-bond acceptors (Lipinski definition) is 5. The molecule has 2 amide bonds. The van der Waals surface area contributed by atoms with Crippen LogP contribution in [0.2, 0.25) is 0 Å². The highest BCUT2D eigenvalue weighted by Crippen LogP contribution is 2.24. The average molecular weight is 603 g/mol. The molecule has 3 rings (SSSR count). The van der Waals surface area contributed by atoms with E-state index < -0.39 is 48.6 Å². The van der Waals surface area contributed by atoms with E-state index in [0.29, 0.717) is 11.1 Å². The van der Waals surface area contributed by atoms with Crippen molar-refractivity contribution in [3.63, 3.8) is 0 Å². The fraction of sp³-hybridized carbons (Fsp3) is 0.323. The predicted octanol–water partition coefficient (Wildman–Crippen LogP) is 6.21. The van der Waals surface area contributed by atoms with Gasteiger partial charge in [-0.2, -0.15) is 0 Å².